The summed E-state index contributed by atoms with van der Waals surface area (Å²) in [4.78, 5) is 15.3. The van der Waals surface area contributed by atoms with Crippen LogP contribution in [0.4, 0.5) is 10.5 Å². The minimum absolute atomic E-state index is 0.180. The van der Waals surface area contributed by atoms with Gasteiger partial charge in [-0.05, 0) is 29.4 Å². The van der Waals surface area contributed by atoms with Gasteiger partial charge in [-0.2, -0.15) is 0 Å². The van der Waals surface area contributed by atoms with Gasteiger partial charge in [-0.1, -0.05) is 77.6 Å². The van der Waals surface area contributed by atoms with Crippen LogP contribution in [-0.4, -0.2) is 38.8 Å². The molecule has 2 amide bonds. The first-order valence-electron chi connectivity index (χ1n) is 12.6. The van der Waals surface area contributed by atoms with E-state index < -0.39 is 0 Å². The molecule has 0 aliphatic carbocycles. The molecule has 0 heterocycles. The predicted octanol–water partition coefficient (Wildman–Crippen LogP) is 7.31. The Morgan fingerprint density at radius 1 is 0.857 bits per heavy atom. The largest absolute Gasteiger partial charge is 0.496 e. The van der Waals surface area contributed by atoms with E-state index in [-0.39, 0.29) is 11.4 Å². The molecule has 35 heavy (non-hydrogen) atoms. The third-order valence-electron chi connectivity index (χ3n) is 5.90. The van der Waals surface area contributed by atoms with Crippen molar-refractivity contribution in [3.8, 4) is 17.2 Å². The van der Waals surface area contributed by atoms with Crippen molar-refractivity contribution in [2.24, 2.45) is 5.41 Å². The van der Waals surface area contributed by atoms with Gasteiger partial charge in [0.1, 0.15) is 22.9 Å². The van der Waals surface area contributed by atoms with Crippen LogP contribution in [0.25, 0.3) is 0 Å². The predicted molar refractivity (Wildman–Crippen MR) is 144 cm³/mol. The number of anilines is 1. The zero-order valence-electron chi connectivity index (χ0n) is 22.7. The van der Waals surface area contributed by atoms with Crippen LogP contribution < -0.4 is 19.5 Å². The normalized spacial score (nSPS) is 11.2. The average Bonchev–Trinajstić information content (AvgIpc) is 2.83. The van der Waals surface area contributed by atoms with Crippen molar-refractivity contribution in [3.05, 3.63) is 47.5 Å². The minimum Gasteiger partial charge on any atom is -0.496 e. The minimum atomic E-state index is -0.180. The van der Waals surface area contributed by atoms with E-state index in [2.05, 4.69) is 57.3 Å². The second kappa shape index (κ2) is 13.9. The molecule has 0 fully saturated rings. The Labute approximate surface area is 212 Å². The van der Waals surface area contributed by atoms with Crippen LogP contribution in [0.15, 0.2) is 36.4 Å². The van der Waals surface area contributed by atoms with Crippen LogP contribution in [0.3, 0.4) is 0 Å². The van der Waals surface area contributed by atoms with Crippen LogP contribution in [0.1, 0.15) is 70.9 Å². The van der Waals surface area contributed by atoms with Gasteiger partial charge in [-0.25, -0.2) is 4.79 Å². The van der Waals surface area contributed by atoms with Gasteiger partial charge in [0.05, 0.1) is 21.3 Å². The van der Waals surface area contributed by atoms with Crippen molar-refractivity contribution in [1.82, 2.24) is 4.90 Å². The van der Waals surface area contributed by atoms with Crippen LogP contribution >= 0.6 is 0 Å². The maximum absolute atomic E-state index is 13.5. The average molecular weight is 485 g/mol. The molecule has 0 radical (unpaired) electrons. The fourth-order valence-corrected chi connectivity index (χ4v) is 4.07. The van der Waals surface area contributed by atoms with E-state index in [1.807, 2.05) is 4.90 Å². The molecule has 0 atom stereocenters. The number of carbonyl (C=O) groups excluding carboxylic acids is 1. The third-order valence-corrected chi connectivity index (χ3v) is 5.90. The number of benzene rings is 2. The Kier molecular flexibility index (Phi) is 11.2. The molecule has 1 N–H and O–H groups in total. The lowest BCUT2D eigenvalue weighted by Gasteiger charge is -2.25. The summed E-state index contributed by atoms with van der Waals surface area (Å²) in [5, 5.41) is 3.03. The summed E-state index contributed by atoms with van der Waals surface area (Å²) in [7, 11) is 4.71. The number of unbranched alkanes of at least 4 members (excludes halogenated alkanes) is 4. The van der Waals surface area contributed by atoms with Gasteiger partial charge in [-0.3, -0.25) is 0 Å². The van der Waals surface area contributed by atoms with Gasteiger partial charge < -0.3 is 24.4 Å². The summed E-state index contributed by atoms with van der Waals surface area (Å²) in [5.41, 5.74) is 3.16. The molecule has 0 aromatic heterocycles. The summed E-state index contributed by atoms with van der Waals surface area (Å²) in [6, 6.07) is 11.9. The lowest BCUT2D eigenvalue weighted by molar-refractivity contribution is 0.207. The van der Waals surface area contributed by atoms with Crippen LogP contribution in [0, 0.1) is 5.41 Å². The molecule has 0 aliphatic rings. The quantitative estimate of drug-likeness (QED) is 0.303. The second-order valence-corrected chi connectivity index (χ2v) is 10.2. The van der Waals surface area contributed by atoms with Gasteiger partial charge in [0, 0.05) is 25.2 Å². The first-order valence-corrected chi connectivity index (χ1v) is 12.6. The number of rotatable bonds is 13. The Morgan fingerprint density at radius 2 is 1.43 bits per heavy atom. The molecule has 0 aliphatic heterocycles. The summed E-state index contributed by atoms with van der Waals surface area (Å²) in [5.74, 6) is 1.58. The second-order valence-electron chi connectivity index (χ2n) is 10.2. The summed E-state index contributed by atoms with van der Waals surface area (Å²) in [6.07, 6.45) is 6.70. The summed E-state index contributed by atoms with van der Waals surface area (Å²) < 4.78 is 16.4. The molecule has 0 saturated carbocycles. The number of methoxy groups -OCH3 is 3. The molecule has 0 saturated heterocycles. The highest BCUT2D eigenvalue weighted by atomic mass is 16.5. The number of hydrogen-bond donors (Lipinski definition) is 1. The molecule has 2 aromatic carbocycles. The summed E-state index contributed by atoms with van der Waals surface area (Å²) >= 11 is 0. The zero-order chi connectivity index (χ0) is 25.8. The number of ether oxygens (including phenoxy) is 3. The number of amides is 2. The zero-order valence-corrected chi connectivity index (χ0v) is 22.7. The lowest BCUT2D eigenvalue weighted by Crippen LogP contribution is -2.35. The van der Waals surface area contributed by atoms with E-state index in [1.165, 1.54) is 24.8 Å². The number of urea groups is 1. The molecule has 2 aromatic rings. The molecular weight excluding hydrogens is 440 g/mol. The number of nitrogens with one attached hydrogen (secondary N) is 1. The molecule has 2 rings (SSSR count). The van der Waals surface area contributed by atoms with Gasteiger partial charge in [0.15, 0.2) is 0 Å². The fourth-order valence-electron chi connectivity index (χ4n) is 4.07. The first-order chi connectivity index (χ1) is 16.7. The topological polar surface area (TPSA) is 60.0 Å². The van der Waals surface area contributed by atoms with E-state index in [0.717, 1.165) is 24.8 Å². The molecule has 6 heteroatoms. The van der Waals surface area contributed by atoms with Crippen molar-refractivity contribution in [1.29, 1.82) is 0 Å². The van der Waals surface area contributed by atoms with Crippen LogP contribution in [0.5, 0.6) is 17.2 Å². The van der Waals surface area contributed by atoms with E-state index in [0.29, 0.717) is 36.0 Å². The van der Waals surface area contributed by atoms with Crippen LogP contribution in [0.2, 0.25) is 0 Å². The molecular formula is C29H44N2O4. The lowest BCUT2D eigenvalue weighted by atomic mass is 9.88. The Morgan fingerprint density at radius 3 is 1.94 bits per heavy atom. The van der Waals surface area contributed by atoms with Crippen molar-refractivity contribution in [2.75, 3.05) is 33.2 Å². The Balaban J connectivity index is 2.21. The molecule has 0 bridgehead atoms. The van der Waals surface area contributed by atoms with Gasteiger partial charge in [-0.15, -0.1) is 0 Å². The van der Waals surface area contributed by atoms with Crippen molar-refractivity contribution >= 4 is 11.7 Å². The van der Waals surface area contributed by atoms with Crippen LogP contribution in [-0.2, 0) is 13.0 Å². The van der Waals surface area contributed by atoms with E-state index in [4.69, 9.17) is 14.2 Å². The maximum Gasteiger partial charge on any atom is 0.322 e. The third kappa shape index (κ3) is 9.35. The Hall–Kier alpha value is -2.89. The first kappa shape index (κ1) is 28.3. The fraction of sp³-hybridized carbons (Fsp3) is 0.552. The number of hydrogen-bond acceptors (Lipinski definition) is 4. The highest BCUT2D eigenvalue weighted by Crippen LogP contribution is 2.39. The highest BCUT2D eigenvalue weighted by Gasteiger charge is 2.20. The van der Waals surface area contributed by atoms with Gasteiger partial charge >= 0.3 is 6.03 Å². The number of carbonyl (C=O) groups is 1. The van der Waals surface area contributed by atoms with Gasteiger partial charge in [0.25, 0.3) is 0 Å². The van der Waals surface area contributed by atoms with E-state index >= 15 is 0 Å². The Bertz CT molecular complexity index is 894. The SMILES string of the molecule is CCCCCCCN(Cc1ccc(CC(C)(C)C)cc1)C(=O)Nc1c(OC)cc(OC)cc1OC. The highest BCUT2D eigenvalue weighted by molar-refractivity contribution is 5.93. The summed E-state index contributed by atoms with van der Waals surface area (Å²) in [6.45, 7) is 10.2. The standard InChI is InChI=1S/C29H44N2O4/c1-8-9-10-11-12-17-31(21-23-15-13-22(14-16-23)20-29(2,3)4)28(32)30-27-25(34-6)18-24(33-5)19-26(27)35-7/h13-16,18-19H,8-12,17,20-21H2,1-7H3,(H,30,32). The van der Waals surface area contributed by atoms with E-state index in [1.54, 1.807) is 33.5 Å². The van der Waals surface area contributed by atoms with Gasteiger partial charge in [0.2, 0.25) is 0 Å². The number of nitrogens with zero attached hydrogens (tertiary/aromatic N) is 1. The monoisotopic (exact) mass is 484 g/mol. The van der Waals surface area contributed by atoms with Crippen molar-refractivity contribution in [3.63, 3.8) is 0 Å². The van der Waals surface area contributed by atoms with Crippen molar-refractivity contribution < 1.29 is 19.0 Å². The van der Waals surface area contributed by atoms with E-state index in [9.17, 15) is 4.79 Å². The van der Waals surface area contributed by atoms with Crippen molar-refractivity contribution in [2.45, 2.75) is 72.8 Å². The molecule has 0 unspecified atom stereocenters. The molecule has 194 valence electrons. The molecule has 6 nitrogen and oxygen atoms in total. The smallest absolute Gasteiger partial charge is 0.322 e. The maximum atomic E-state index is 13.5. The molecule has 0 spiro atoms.